The first-order chi connectivity index (χ1) is 9.66. The molecule has 98 valence electrons. The van der Waals surface area contributed by atoms with Gasteiger partial charge in [0.15, 0.2) is 0 Å². The van der Waals surface area contributed by atoms with Crippen molar-refractivity contribution >= 4 is 32.6 Å². The lowest BCUT2D eigenvalue weighted by molar-refractivity contribution is -0.268. The molecule has 0 atom stereocenters. The number of nitrogens with zero attached hydrogens (tertiary/aromatic N) is 1. The second-order valence-electron chi connectivity index (χ2n) is 5.25. The van der Waals surface area contributed by atoms with E-state index < -0.39 is 0 Å². The zero-order valence-electron chi connectivity index (χ0n) is 11.3. The third-order valence-corrected chi connectivity index (χ3v) is 4.15. The van der Waals surface area contributed by atoms with E-state index in [0.29, 0.717) is 0 Å². The summed E-state index contributed by atoms with van der Waals surface area (Å²) in [4.78, 5) is 7.68. The predicted molar refractivity (Wildman–Crippen MR) is 80.0 cm³/mol. The second kappa shape index (κ2) is 3.73. The number of rotatable bonds is 0. The monoisotopic (exact) mass is 261 g/mol. The smallest absolute Gasteiger partial charge is 0.0503 e. The lowest BCUT2D eigenvalue weighted by atomic mass is 9.97. The molecule has 2 aromatic heterocycles. The highest BCUT2D eigenvalue weighted by atomic mass is 16.3. The van der Waals surface area contributed by atoms with Gasteiger partial charge in [-0.2, -0.15) is 0 Å². The summed E-state index contributed by atoms with van der Waals surface area (Å²) in [6.45, 7) is 4.20. The summed E-state index contributed by atoms with van der Waals surface area (Å²) >= 11 is 0. The maximum absolute atomic E-state index is 11.7. The van der Waals surface area contributed by atoms with Gasteiger partial charge in [0.1, 0.15) is 0 Å². The number of aryl methyl sites for hydroxylation is 2. The Labute approximate surface area is 115 Å². The van der Waals surface area contributed by atoms with Crippen LogP contribution in [0, 0.1) is 13.8 Å². The van der Waals surface area contributed by atoms with Crippen LogP contribution in [0.3, 0.4) is 0 Å². The molecule has 3 nitrogen and oxygen atoms in total. The maximum Gasteiger partial charge on any atom is 0.0503 e. The third-order valence-electron chi connectivity index (χ3n) is 4.15. The Morgan fingerprint density at radius 3 is 2.70 bits per heavy atom. The number of hydrogen-bond acceptors (Lipinski definition) is 2. The molecule has 0 amide bonds. The van der Waals surface area contributed by atoms with Gasteiger partial charge in [-0.3, -0.25) is 4.98 Å². The first-order valence-corrected chi connectivity index (χ1v) is 6.62. The van der Waals surface area contributed by atoms with E-state index in [4.69, 9.17) is 0 Å². The summed E-state index contributed by atoms with van der Waals surface area (Å²) in [5, 5.41) is 16.1. The van der Waals surface area contributed by atoms with Crippen molar-refractivity contribution in [3.8, 4) is 5.75 Å². The van der Waals surface area contributed by atoms with E-state index in [-0.39, 0.29) is 5.75 Å². The van der Waals surface area contributed by atoms with Gasteiger partial charge >= 0.3 is 0 Å². The number of benzene rings is 2. The van der Waals surface area contributed by atoms with Crippen LogP contribution in [0.25, 0.3) is 32.6 Å². The van der Waals surface area contributed by atoms with E-state index in [0.717, 1.165) is 27.2 Å². The largest absolute Gasteiger partial charge is 0.872 e. The van der Waals surface area contributed by atoms with Crippen molar-refractivity contribution in [3.63, 3.8) is 0 Å². The standard InChI is InChI=1S/C17H14N2O/c1-9-14-8-18-6-5-12(14)10(2)17-16(9)13-7-11(20)3-4-15(13)19-17/h3-8,19-20H,1-2H3/p-1. The fourth-order valence-corrected chi connectivity index (χ4v) is 3.13. The third kappa shape index (κ3) is 1.32. The molecule has 2 aromatic carbocycles. The molecular formula is C17H13N2O-. The fourth-order valence-electron chi connectivity index (χ4n) is 3.13. The van der Waals surface area contributed by atoms with Crippen molar-refractivity contribution in [1.82, 2.24) is 9.97 Å². The minimum atomic E-state index is 0.0433. The number of nitrogens with one attached hydrogen (secondary N) is 1. The molecule has 0 spiro atoms. The Bertz CT molecular complexity index is 983. The maximum atomic E-state index is 11.7. The predicted octanol–water partition coefficient (Wildman–Crippen LogP) is 3.56. The van der Waals surface area contributed by atoms with Crippen LogP contribution in [0.4, 0.5) is 0 Å². The van der Waals surface area contributed by atoms with Crippen LogP contribution in [-0.4, -0.2) is 9.97 Å². The number of pyridine rings is 1. The molecule has 2 heterocycles. The molecule has 3 heteroatoms. The number of hydrogen-bond donors (Lipinski definition) is 1. The molecule has 0 fully saturated rings. The Morgan fingerprint density at radius 2 is 1.85 bits per heavy atom. The molecule has 0 saturated carbocycles. The number of fused-ring (bicyclic) bond motifs is 4. The average molecular weight is 261 g/mol. The summed E-state index contributed by atoms with van der Waals surface area (Å²) in [7, 11) is 0. The van der Waals surface area contributed by atoms with Crippen LogP contribution in [0.5, 0.6) is 5.75 Å². The molecule has 20 heavy (non-hydrogen) atoms. The molecule has 1 N–H and O–H groups in total. The van der Waals surface area contributed by atoms with E-state index in [1.807, 2.05) is 24.5 Å². The molecule has 0 aliphatic carbocycles. The van der Waals surface area contributed by atoms with Crippen molar-refractivity contribution in [2.24, 2.45) is 0 Å². The summed E-state index contributed by atoms with van der Waals surface area (Å²) in [5.41, 5.74) is 4.49. The van der Waals surface area contributed by atoms with Crippen molar-refractivity contribution in [2.75, 3.05) is 0 Å². The quantitative estimate of drug-likeness (QED) is 0.526. The van der Waals surface area contributed by atoms with Crippen LogP contribution >= 0.6 is 0 Å². The number of aromatic amines is 1. The lowest BCUT2D eigenvalue weighted by Crippen LogP contribution is -1.88. The fraction of sp³-hybridized carbons (Fsp3) is 0.118. The Balaban J connectivity index is 2.36. The Hall–Kier alpha value is -2.55. The SMILES string of the molecule is Cc1c2ccncc2c(C)c2c1[nH]c1ccc([O-])cc12. The van der Waals surface area contributed by atoms with Crippen molar-refractivity contribution in [1.29, 1.82) is 0 Å². The van der Waals surface area contributed by atoms with Crippen LogP contribution in [0.2, 0.25) is 0 Å². The molecule has 0 aliphatic rings. The van der Waals surface area contributed by atoms with E-state index in [1.165, 1.54) is 16.5 Å². The molecule has 0 bridgehead atoms. The van der Waals surface area contributed by atoms with E-state index in [2.05, 4.69) is 23.8 Å². The first-order valence-electron chi connectivity index (χ1n) is 6.62. The molecular weight excluding hydrogens is 248 g/mol. The first kappa shape index (κ1) is 11.3. The number of aromatic nitrogens is 2. The molecule has 4 rings (SSSR count). The normalized spacial score (nSPS) is 11.7. The van der Waals surface area contributed by atoms with Gasteiger partial charge in [0.2, 0.25) is 0 Å². The van der Waals surface area contributed by atoms with Gasteiger partial charge in [0.05, 0.1) is 5.52 Å². The Morgan fingerprint density at radius 1 is 1.00 bits per heavy atom. The van der Waals surface area contributed by atoms with Crippen molar-refractivity contribution in [2.45, 2.75) is 13.8 Å². The summed E-state index contributed by atoms with van der Waals surface area (Å²) < 4.78 is 0. The molecule has 4 aromatic rings. The molecule has 0 saturated heterocycles. The highest BCUT2D eigenvalue weighted by Gasteiger charge is 2.13. The highest BCUT2D eigenvalue weighted by Crippen LogP contribution is 2.36. The molecule has 0 radical (unpaired) electrons. The van der Waals surface area contributed by atoms with Gasteiger partial charge in [0, 0.05) is 34.1 Å². The highest BCUT2D eigenvalue weighted by molar-refractivity contribution is 6.16. The van der Waals surface area contributed by atoms with Crippen LogP contribution in [0.1, 0.15) is 11.1 Å². The van der Waals surface area contributed by atoms with Crippen molar-refractivity contribution in [3.05, 3.63) is 47.8 Å². The van der Waals surface area contributed by atoms with Gasteiger partial charge in [-0.05, 0) is 42.5 Å². The summed E-state index contributed by atoms with van der Waals surface area (Å²) in [6.07, 6.45) is 3.72. The number of H-pyrrole nitrogens is 1. The zero-order valence-corrected chi connectivity index (χ0v) is 11.3. The van der Waals surface area contributed by atoms with E-state index >= 15 is 0 Å². The van der Waals surface area contributed by atoms with Crippen LogP contribution in [-0.2, 0) is 0 Å². The summed E-state index contributed by atoms with van der Waals surface area (Å²) in [5.74, 6) is 0.0433. The van der Waals surface area contributed by atoms with E-state index in [1.54, 1.807) is 12.1 Å². The molecule has 0 aliphatic heterocycles. The van der Waals surface area contributed by atoms with E-state index in [9.17, 15) is 5.11 Å². The second-order valence-corrected chi connectivity index (χ2v) is 5.25. The average Bonchev–Trinajstić information content (AvgIpc) is 2.84. The van der Waals surface area contributed by atoms with Crippen LogP contribution < -0.4 is 5.11 Å². The van der Waals surface area contributed by atoms with Gasteiger partial charge in [0.25, 0.3) is 0 Å². The minimum absolute atomic E-state index is 0.0433. The Kier molecular flexibility index (Phi) is 2.11. The lowest BCUT2D eigenvalue weighted by Gasteiger charge is -2.09. The molecule has 0 unspecified atom stereocenters. The summed E-state index contributed by atoms with van der Waals surface area (Å²) in [6, 6.07) is 7.22. The van der Waals surface area contributed by atoms with Crippen molar-refractivity contribution < 1.29 is 5.11 Å². The van der Waals surface area contributed by atoms with Gasteiger partial charge in [-0.15, -0.1) is 5.75 Å². The topological polar surface area (TPSA) is 51.7 Å². The van der Waals surface area contributed by atoms with Gasteiger partial charge in [-0.1, -0.05) is 12.1 Å². The van der Waals surface area contributed by atoms with Gasteiger partial charge < -0.3 is 10.1 Å². The van der Waals surface area contributed by atoms with Crippen LogP contribution in [0.15, 0.2) is 36.7 Å². The minimum Gasteiger partial charge on any atom is -0.872 e. The zero-order chi connectivity index (χ0) is 13.9. The van der Waals surface area contributed by atoms with Gasteiger partial charge in [-0.25, -0.2) is 0 Å².